The number of nitrogens with zero attached hydrogens (tertiary/aromatic N) is 2. The summed E-state index contributed by atoms with van der Waals surface area (Å²) in [6.45, 7) is 1.84. The van der Waals surface area contributed by atoms with Crippen LogP contribution in [0.15, 0.2) is 18.3 Å². The van der Waals surface area contributed by atoms with Gasteiger partial charge in [0.1, 0.15) is 11.3 Å². The number of carboxylic acid groups (broad SMARTS) is 1. The van der Waals surface area contributed by atoms with Crippen molar-refractivity contribution >= 4 is 11.5 Å². The summed E-state index contributed by atoms with van der Waals surface area (Å²) in [5.74, 6) is -0.361. The van der Waals surface area contributed by atoms with Crippen LogP contribution < -0.4 is 4.74 Å². The molecule has 0 aromatic carbocycles. The van der Waals surface area contributed by atoms with Crippen LogP contribution in [0.5, 0.6) is 5.75 Å². The smallest absolute Gasteiger partial charge is 0.339 e. The number of hydrogen-bond acceptors (Lipinski definition) is 3. The molecule has 5 nitrogen and oxygen atoms in total. The molecule has 0 aliphatic carbocycles. The van der Waals surface area contributed by atoms with E-state index in [9.17, 15) is 4.79 Å². The van der Waals surface area contributed by atoms with Crippen molar-refractivity contribution in [2.45, 2.75) is 6.92 Å². The van der Waals surface area contributed by atoms with E-state index in [1.165, 1.54) is 6.20 Å². The van der Waals surface area contributed by atoms with Crippen molar-refractivity contribution < 1.29 is 14.6 Å². The Labute approximate surface area is 85.9 Å². The van der Waals surface area contributed by atoms with Gasteiger partial charge in [-0.3, -0.25) is 0 Å². The van der Waals surface area contributed by atoms with Crippen molar-refractivity contribution in [3.8, 4) is 5.75 Å². The molecule has 2 heterocycles. The maximum absolute atomic E-state index is 10.9. The van der Waals surface area contributed by atoms with Crippen molar-refractivity contribution in [1.29, 1.82) is 0 Å². The van der Waals surface area contributed by atoms with E-state index in [1.54, 1.807) is 23.8 Å². The van der Waals surface area contributed by atoms with Gasteiger partial charge >= 0.3 is 5.97 Å². The molecule has 78 valence electrons. The highest BCUT2D eigenvalue weighted by Crippen LogP contribution is 2.20. The van der Waals surface area contributed by atoms with Crippen LogP contribution in [-0.4, -0.2) is 27.8 Å². The van der Waals surface area contributed by atoms with Crippen molar-refractivity contribution in [2.24, 2.45) is 0 Å². The number of rotatable bonds is 2. The number of aromatic carboxylic acids is 1. The molecule has 0 radical (unpaired) electrons. The zero-order valence-corrected chi connectivity index (χ0v) is 8.39. The summed E-state index contributed by atoms with van der Waals surface area (Å²) in [6, 6.07) is 3.45. The predicted molar refractivity (Wildman–Crippen MR) is 53.4 cm³/mol. The number of methoxy groups -OCH3 is 1. The molecular formula is C10H10N2O3. The molecule has 0 bridgehead atoms. The van der Waals surface area contributed by atoms with E-state index < -0.39 is 5.97 Å². The summed E-state index contributed by atoms with van der Waals surface area (Å²) in [5.41, 5.74) is 1.55. The molecule has 0 spiro atoms. The van der Waals surface area contributed by atoms with Crippen molar-refractivity contribution in [3.05, 3.63) is 29.6 Å². The molecule has 2 rings (SSSR count). The van der Waals surface area contributed by atoms with E-state index in [0.717, 1.165) is 5.69 Å². The van der Waals surface area contributed by atoms with E-state index in [4.69, 9.17) is 9.84 Å². The highest BCUT2D eigenvalue weighted by Gasteiger charge is 2.13. The third kappa shape index (κ3) is 1.41. The Morgan fingerprint density at radius 3 is 2.87 bits per heavy atom. The number of fused-ring (bicyclic) bond motifs is 1. The molecule has 0 aliphatic heterocycles. The van der Waals surface area contributed by atoms with Gasteiger partial charge in [0.25, 0.3) is 0 Å². The number of hydrogen-bond donors (Lipinski definition) is 1. The molecule has 0 atom stereocenters. The van der Waals surface area contributed by atoms with Crippen LogP contribution >= 0.6 is 0 Å². The van der Waals surface area contributed by atoms with Gasteiger partial charge in [0.15, 0.2) is 0 Å². The summed E-state index contributed by atoms with van der Waals surface area (Å²) in [6.07, 6.45) is 1.34. The van der Waals surface area contributed by atoms with Crippen LogP contribution in [0.4, 0.5) is 0 Å². The first-order chi connectivity index (χ1) is 7.13. The van der Waals surface area contributed by atoms with Crippen LogP contribution in [-0.2, 0) is 0 Å². The number of aromatic nitrogens is 2. The predicted octanol–water partition coefficient (Wildman–Crippen LogP) is 1.35. The Balaban J connectivity index is 2.78. The fourth-order valence-corrected chi connectivity index (χ4v) is 1.50. The highest BCUT2D eigenvalue weighted by atomic mass is 16.5. The van der Waals surface area contributed by atoms with Gasteiger partial charge in [-0.1, -0.05) is 0 Å². The summed E-state index contributed by atoms with van der Waals surface area (Å²) >= 11 is 0. The lowest BCUT2D eigenvalue weighted by Crippen LogP contribution is -1.98. The maximum Gasteiger partial charge on any atom is 0.339 e. The Hall–Kier alpha value is -2.04. The highest BCUT2D eigenvalue weighted by molar-refractivity contribution is 5.95. The lowest BCUT2D eigenvalue weighted by atomic mass is 10.2. The quantitative estimate of drug-likeness (QED) is 0.805. The molecule has 5 heteroatoms. The standard InChI is InChI=1S/C10H10N2O3/c1-6-3-7(15-2)4-9-8(10(13)14)5-11-12(6)9/h3-5H,1-2H3,(H,13,14). The number of carboxylic acids is 1. The summed E-state index contributed by atoms with van der Waals surface area (Å²) in [4.78, 5) is 10.9. The normalized spacial score (nSPS) is 10.5. The second-order valence-electron chi connectivity index (χ2n) is 3.20. The Morgan fingerprint density at radius 2 is 2.27 bits per heavy atom. The molecule has 0 saturated heterocycles. The van der Waals surface area contributed by atoms with Gasteiger partial charge in [0.2, 0.25) is 0 Å². The van der Waals surface area contributed by atoms with Crippen LogP contribution in [0.25, 0.3) is 5.52 Å². The minimum Gasteiger partial charge on any atom is -0.497 e. The Morgan fingerprint density at radius 1 is 1.53 bits per heavy atom. The molecule has 0 unspecified atom stereocenters. The van der Waals surface area contributed by atoms with Crippen molar-refractivity contribution in [3.63, 3.8) is 0 Å². The van der Waals surface area contributed by atoms with Gasteiger partial charge in [-0.15, -0.1) is 0 Å². The van der Waals surface area contributed by atoms with Gasteiger partial charge in [-0.05, 0) is 6.92 Å². The number of pyridine rings is 1. The topological polar surface area (TPSA) is 63.8 Å². The number of carbonyl (C=O) groups is 1. The largest absolute Gasteiger partial charge is 0.497 e. The second-order valence-corrected chi connectivity index (χ2v) is 3.20. The maximum atomic E-state index is 10.9. The van der Waals surface area contributed by atoms with Crippen LogP contribution in [0.3, 0.4) is 0 Å². The summed E-state index contributed by atoms with van der Waals surface area (Å²) in [7, 11) is 1.54. The fraction of sp³-hybridized carbons (Fsp3) is 0.200. The lowest BCUT2D eigenvalue weighted by Gasteiger charge is -2.04. The Bertz CT molecular complexity index is 531. The minimum atomic E-state index is -0.988. The van der Waals surface area contributed by atoms with E-state index in [-0.39, 0.29) is 5.56 Å². The van der Waals surface area contributed by atoms with E-state index in [1.807, 2.05) is 6.92 Å². The first kappa shape index (κ1) is 9.51. The van der Waals surface area contributed by atoms with Crippen LogP contribution in [0, 0.1) is 6.92 Å². The SMILES string of the molecule is COc1cc(C)n2ncc(C(=O)O)c2c1. The molecule has 2 aromatic heterocycles. The van der Waals surface area contributed by atoms with E-state index in [0.29, 0.717) is 11.3 Å². The van der Waals surface area contributed by atoms with E-state index >= 15 is 0 Å². The third-order valence-electron chi connectivity index (χ3n) is 2.24. The Kier molecular flexibility index (Phi) is 2.07. The van der Waals surface area contributed by atoms with Crippen LogP contribution in [0.2, 0.25) is 0 Å². The zero-order chi connectivity index (χ0) is 11.0. The molecule has 15 heavy (non-hydrogen) atoms. The van der Waals surface area contributed by atoms with Gasteiger partial charge < -0.3 is 9.84 Å². The van der Waals surface area contributed by atoms with Crippen molar-refractivity contribution in [1.82, 2.24) is 9.61 Å². The lowest BCUT2D eigenvalue weighted by molar-refractivity contribution is 0.0699. The van der Waals surface area contributed by atoms with Gasteiger partial charge in [-0.25, -0.2) is 9.31 Å². The second kappa shape index (κ2) is 3.27. The first-order valence-electron chi connectivity index (χ1n) is 4.39. The first-order valence-corrected chi connectivity index (χ1v) is 4.39. The molecule has 2 aromatic rings. The number of aryl methyl sites for hydroxylation is 1. The molecule has 0 aliphatic rings. The third-order valence-corrected chi connectivity index (χ3v) is 2.24. The molecule has 0 saturated carbocycles. The van der Waals surface area contributed by atoms with Gasteiger partial charge in [0.05, 0.1) is 18.8 Å². The van der Waals surface area contributed by atoms with Gasteiger partial charge in [0, 0.05) is 17.8 Å². The van der Waals surface area contributed by atoms with Crippen molar-refractivity contribution in [2.75, 3.05) is 7.11 Å². The van der Waals surface area contributed by atoms with E-state index in [2.05, 4.69) is 5.10 Å². The van der Waals surface area contributed by atoms with Gasteiger partial charge in [-0.2, -0.15) is 5.10 Å². The average Bonchev–Trinajstić information content (AvgIpc) is 2.61. The molecule has 0 amide bonds. The van der Waals surface area contributed by atoms with Crippen LogP contribution in [0.1, 0.15) is 16.1 Å². The zero-order valence-electron chi connectivity index (χ0n) is 8.39. The molecular weight excluding hydrogens is 196 g/mol. The number of ether oxygens (including phenoxy) is 1. The molecule has 0 fully saturated rings. The monoisotopic (exact) mass is 206 g/mol. The summed E-state index contributed by atoms with van der Waals surface area (Å²) < 4.78 is 6.65. The minimum absolute atomic E-state index is 0.178. The molecule has 1 N–H and O–H groups in total. The fourth-order valence-electron chi connectivity index (χ4n) is 1.50. The summed E-state index contributed by atoms with van der Waals surface area (Å²) in [5, 5.41) is 12.9. The average molecular weight is 206 g/mol.